The van der Waals surface area contributed by atoms with Crippen molar-refractivity contribution in [1.29, 1.82) is 0 Å². The molecule has 2 bridgehead atoms. The molecule has 3 aromatic carbocycles. The molecule has 2 saturated heterocycles. The molecule has 0 N–H and O–H groups in total. The van der Waals surface area contributed by atoms with Crippen molar-refractivity contribution in [2.24, 2.45) is 41.4 Å². The molecule has 2 aliphatic heterocycles. The molecule has 4 amide bonds. The van der Waals surface area contributed by atoms with E-state index in [1.165, 1.54) is 9.80 Å². The van der Waals surface area contributed by atoms with Crippen LogP contribution in [0.2, 0.25) is 0 Å². The summed E-state index contributed by atoms with van der Waals surface area (Å²) in [6.45, 7) is 7.86. The zero-order valence-electron chi connectivity index (χ0n) is 25.3. The van der Waals surface area contributed by atoms with Crippen molar-refractivity contribution in [3.63, 3.8) is 0 Å². The maximum atomic E-state index is 14.5. The summed E-state index contributed by atoms with van der Waals surface area (Å²) >= 11 is 0. The number of nitrogens with zero attached hydrogens (tertiary/aromatic N) is 2. The van der Waals surface area contributed by atoms with Crippen LogP contribution in [0.3, 0.4) is 0 Å². The van der Waals surface area contributed by atoms with Crippen LogP contribution in [0.4, 0.5) is 11.4 Å². The number of carbonyl (C=O) groups excluding carboxylic acids is 4. The van der Waals surface area contributed by atoms with E-state index in [1.54, 1.807) is 0 Å². The molecule has 2 heterocycles. The van der Waals surface area contributed by atoms with Gasteiger partial charge in [0.2, 0.25) is 23.6 Å². The van der Waals surface area contributed by atoms with Crippen LogP contribution in [0.5, 0.6) is 0 Å². The summed E-state index contributed by atoms with van der Waals surface area (Å²) in [5, 5.41) is 0. The molecule has 44 heavy (non-hydrogen) atoms. The molecule has 0 aromatic heterocycles. The first-order valence-corrected chi connectivity index (χ1v) is 15.5. The molecule has 6 aliphatic rings. The molecule has 6 heteroatoms. The number of carbonyl (C=O) groups is 4. The van der Waals surface area contributed by atoms with Gasteiger partial charge in [-0.15, -0.1) is 0 Å². The molecule has 220 valence electrons. The van der Waals surface area contributed by atoms with Crippen molar-refractivity contribution in [2.75, 3.05) is 9.80 Å². The first-order valence-electron chi connectivity index (χ1n) is 15.5. The van der Waals surface area contributed by atoms with Gasteiger partial charge in [-0.25, -0.2) is 9.80 Å². The molecular formula is C38H34N2O4. The van der Waals surface area contributed by atoms with Gasteiger partial charge in [0.1, 0.15) is 0 Å². The highest BCUT2D eigenvalue weighted by Gasteiger charge is 2.67. The molecule has 0 radical (unpaired) electrons. The molecule has 0 spiro atoms. The van der Waals surface area contributed by atoms with Gasteiger partial charge in [0.15, 0.2) is 0 Å². The highest BCUT2D eigenvalue weighted by molar-refractivity contribution is 6.25. The second-order valence-corrected chi connectivity index (χ2v) is 13.3. The maximum absolute atomic E-state index is 14.5. The van der Waals surface area contributed by atoms with Gasteiger partial charge >= 0.3 is 0 Å². The highest BCUT2D eigenvalue weighted by Crippen LogP contribution is 2.63. The van der Waals surface area contributed by atoms with E-state index in [1.807, 2.05) is 82.3 Å². The average Bonchev–Trinajstić information content (AvgIpc) is 3.43. The number of allylic oxidation sites excluding steroid dienone is 4. The smallest absolute Gasteiger partial charge is 0.238 e. The van der Waals surface area contributed by atoms with E-state index in [-0.39, 0.29) is 41.4 Å². The standard InChI is InChI=1S/C38H34N2O4/c1-19-10-14-28(21(3)16-19)39-35(41)27-18-26(23-8-6-5-7-9-23)30-24-12-13-25(31(30)34(27)38(39)44)33-32(24)36(42)40(37(33)43)29-15-11-20(2)17-22(29)4/h5-17,24-25,27,31-34H,18H2,1-4H3/t24-,25-,27-,31+,32-,33+,34+/m1/s1. The number of rotatable bonds is 3. The van der Waals surface area contributed by atoms with E-state index in [0.717, 1.165) is 39.0 Å². The highest BCUT2D eigenvalue weighted by atomic mass is 16.2. The minimum absolute atomic E-state index is 0.169. The van der Waals surface area contributed by atoms with Crippen LogP contribution in [-0.2, 0) is 19.2 Å². The minimum atomic E-state index is -0.581. The molecule has 3 fully saturated rings. The fourth-order valence-electron chi connectivity index (χ4n) is 9.10. The van der Waals surface area contributed by atoms with Crippen LogP contribution < -0.4 is 9.80 Å². The van der Waals surface area contributed by atoms with Crippen molar-refractivity contribution < 1.29 is 19.2 Å². The van der Waals surface area contributed by atoms with E-state index < -0.39 is 23.7 Å². The number of hydrogen-bond acceptors (Lipinski definition) is 4. The molecule has 7 atom stereocenters. The molecule has 1 saturated carbocycles. The van der Waals surface area contributed by atoms with Crippen molar-refractivity contribution in [2.45, 2.75) is 34.1 Å². The van der Waals surface area contributed by atoms with Gasteiger partial charge in [-0.05, 0) is 74.4 Å². The Bertz CT molecular complexity index is 1870. The fraction of sp³-hybridized carbons (Fsp3) is 0.316. The molecule has 4 aliphatic carbocycles. The Balaban J connectivity index is 1.29. The molecular weight excluding hydrogens is 548 g/mol. The largest absolute Gasteiger partial charge is 0.274 e. The topological polar surface area (TPSA) is 74.8 Å². The average molecular weight is 583 g/mol. The van der Waals surface area contributed by atoms with Crippen LogP contribution >= 0.6 is 0 Å². The van der Waals surface area contributed by atoms with Gasteiger partial charge in [0, 0.05) is 11.8 Å². The molecule has 0 unspecified atom stereocenters. The van der Waals surface area contributed by atoms with Crippen LogP contribution in [0.15, 0.2) is 84.5 Å². The quantitative estimate of drug-likeness (QED) is 0.276. The van der Waals surface area contributed by atoms with E-state index in [0.29, 0.717) is 17.8 Å². The number of benzene rings is 3. The Morgan fingerprint density at radius 2 is 1.16 bits per heavy atom. The van der Waals surface area contributed by atoms with E-state index in [2.05, 4.69) is 24.3 Å². The number of hydrogen-bond donors (Lipinski definition) is 0. The lowest BCUT2D eigenvalue weighted by molar-refractivity contribution is -0.129. The Morgan fingerprint density at radius 1 is 0.591 bits per heavy atom. The van der Waals surface area contributed by atoms with E-state index in [9.17, 15) is 19.2 Å². The molecule has 3 aromatic rings. The van der Waals surface area contributed by atoms with Crippen LogP contribution in [0.1, 0.15) is 34.2 Å². The fourth-order valence-corrected chi connectivity index (χ4v) is 9.10. The number of aryl methyl sites for hydroxylation is 4. The van der Waals surface area contributed by atoms with Gasteiger partial charge in [-0.3, -0.25) is 19.2 Å². The van der Waals surface area contributed by atoms with Gasteiger partial charge < -0.3 is 0 Å². The summed E-state index contributed by atoms with van der Waals surface area (Å²) < 4.78 is 0. The maximum Gasteiger partial charge on any atom is 0.238 e. The zero-order valence-corrected chi connectivity index (χ0v) is 25.3. The first kappa shape index (κ1) is 27.0. The van der Waals surface area contributed by atoms with Crippen molar-refractivity contribution >= 4 is 40.6 Å². The summed E-state index contributed by atoms with van der Waals surface area (Å²) in [5.41, 5.74) is 8.28. The van der Waals surface area contributed by atoms with Crippen molar-refractivity contribution in [3.8, 4) is 0 Å². The van der Waals surface area contributed by atoms with E-state index in [4.69, 9.17) is 0 Å². The third-order valence-corrected chi connectivity index (χ3v) is 10.8. The van der Waals surface area contributed by atoms with Crippen LogP contribution in [0, 0.1) is 69.1 Å². The number of fused-ring (bicyclic) bond motifs is 1. The van der Waals surface area contributed by atoms with Crippen LogP contribution in [0.25, 0.3) is 5.57 Å². The third-order valence-electron chi connectivity index (χ3n) is 10.8. The summed E-state index contributed by atoms with van der Waals surface area (Å²) in [6.07, 6.45) is 4.60. The Kier molecular flexibility index (Phi) is 5.80. The number of anilines is 2. The SMILES string of the molecule is Cc1ccc(N2C(=O)[C@H]3[C@@H]4C=C[C@H](C5=C(c6ccccc6)C[C@H]6C(=O)N(c7ccc(C)cc7C)C(=O)[C@@H]6[C@H]54)[C@H]3C2=O)c(C)c1. The Morgan fingerprint density at radius 3 is 1.77 bits per heavy atom. The summed E-state index contributed by atoms with van der Waals surface area (Å²) in [4.78, 5) is 60.0. The Hall–Kier alpha value is -4.58. The van der Waals surface area contributed by atoms with Gasteiger partial charge in [0.25, 0.3) is 0 Å². The van der Waals surface area contributed by atoms with Gasteiger partial charge in [-0.1, -0.05) is 83.4 Å². The molecule has 6 nitrogen and oxygen atoms in total. The number of imide groups is 2. The lowest BCUT2D eigenvalue weighted by Gasteiger charge is -2.51. The molecule has 9 rings (SSSR count). The predicted octanol–water partition coefficient (Wildman–Crippen LogP) is 6.12. The number of amides is 4. The lowest BCUT2D eigenvalue weighted by Crippen LogP contribution is -2.51. The normalized spacial score (nSPS) is 30.3. The third kappa shape index (κ3) is 3.54. The lowest BCUT2D eigenvalue weighted by atomic mass is 9.49. The van der Waals surface area contributed by atoms with Crippen LogP contribution in [-0.4, -0.2) is 23.6 Å². The monoisotopic (exact) mass is 582 g/mol. The summed E-state index contributed by atoms with van der Waals surface area (Å²) in [5.74, 6) is -3.93. The van der Waals surface area contributed by atoms with Gasteiger partial charge in [0.05, 0.1) is 35.0 Å². The summed E-state index contributed by atoms with van der Waals surface area (Å²) in [6, 6.07) is 21.6. The van der Waals surface area contributed by atoms with Crippen molar-refractivity contribution in [1.82, 2.24) is 0 Å². The zero-order chi connectivity index (χ0) is 30.6. The van der Waals surface area contributed by atoms with E-state index >= 15 is 0 Å². The Labute approximate surface area is 257 Å². The predicted molar refractivity (Wildman–Crippen MR) is 168 cm³/mol. The van der Waals surface area contributed by atoms with Gasteiger partial charge in [-0.2, -0.15) is 0 Å². The first-order chi connectivity index (χ1) is 21.2. The second kappa shape index (κ2) is 9.46. The second-order valence-electron chi connectivity index (χ2n) is 13.3. The minimum Gasteiger partial charge on any atom is -0.274 e. The van der Waals surface area contributed by atoms with Crippen molar-refractivity contribution in [3.05, 3.63) is 112 Å². The summed E-state index contributed by atoms with van der Waals surface area (Å²) in [7, 11) is 0.